The van der Waals surface area contributed by atoms with Gasteiger partial charge in [0, 0.05) is 23.0 Å². The van der Waals surface area contributed by atoms with Gasteiger partial charge in [-0.25, -0.2) is 9.67 Å². The molecule has 0 bridgehead atoms. The molecule has 0 unspecified atom stereocenters. The van der Waals surface area contributed by atoms with Crippen molar-refractivity contribution >= 4 is 17.9 Å². The Morgan fingerprint density at radius 2 is 2.05 bits per heavy atom. The molecule has 0 atom stereocenters. The second-order valence-corrected chi connectivity index (χ2v) is 4.63. The second kappa shape index (κ2) is 5.27. The van der Waals surface area contributed by atoms with Crippen LogP contribution in [0.1, 0.15) is 10.4 Å². The summed E-state index contributed by atoms with van der Waals surface area (Å²) >= 11 is 5.98. The Bertz CT molecular complexity index is 753. The maximum absolute atomic E-state index is 11.2. The van der Waals surface area contributed by atoms with Crippen LogP contribution >= 0.6 is 11.6 Å². The summed E-state index contributed by atoms with van der Waals surface area (Å²) in [6.07, 6.45) is 4.12. The van der Waals surface area contributed by atoms with E-state index in [1.807, 2.05) is 30.3 Å². The Balaban J connectivity index is 2.13. The molecule has 98 valence electrons. The van der Waals surface area contributed by atoms with Gasteiger partial charge >= 0.3 is 0 Å². The quantitative estimate of drug-likeness (QED) is 0.692. The van der Waals surface area contributed by atoms with Gasteiger partial charge in [0.25, 0.3) is 0 Å². The van der Waals surface area contributed by atoms with Crippen molar-refractivity contribution in [3.8, 4) is 17.1 Å². The van der Waals surface area contributed by atoms with E-state index in [4.69, 9.17) is 11.6 Å². The molecule has 0 aliphatic heterocycles. The largest absolute Gasteiger partial charge is 0.298 e. The van der Waals surface area contributed by atoms with Crippen LogP contribution in [0.15, 0.2) is 54.9 Å². The Kier molecular flexibility index (Phi) is 3.31. The van der Waals surface area contributed by atoms with Crippen LogP contribution in [0.3, 0.4) is 0 Å². The lowest BCUT2D eigenvalue weighted by Crippen LogP contribution is -1.97. The van der Waals surface area contributed by atoms with E-state index in [1.165, 1.54) is 0 Å². The Labute approximate surface area is 120 Å². The highest BCUT2D eigenvalue weighted by atomic mass is 35.5. The minimum atomic E-state index is 0.498. The molecule has 3 aromatic rings. The molecular formula is C15H10ClN3O. The number of nitrogens with zero attached hydrogens (tertiary/aromatic N) is 3. The van der Waals surface area contributed by atoms with Crippen LogP contribution in [0.25, 0.3) is 17.1 Å². The van der Waals surface area contributed by atoms with Crippen LogP contribution in [-0.2, 0) is 0 Å². The van der Waals surface area contributed by atoms with Crippen LogP contribution in [0, 0.1) is 0 Å². The molecule has 0 aliphatic rings. The van der Waals surface area contributed by atoms with E-state index in [1.54, 1.807) is 29.2 Å². The van der Waals surface area contributed by atoms with E-state index in [0.717, 1.165) is 11.8 Å². The van der Waals surface area contributed by atoms with Gasteiger partial charge in [-0.1, -0.05) is 29.8 Å². The number of rotatable bonds is 3. The molecule has 0 spiro atoms. The van der Waals surface area contributed by atoms with Crippen molar-refractivity contribution in [3.63, 3.8) is 0 Å². The zero-order valence-corrected chi connectivity index (χ0v) is 11.2. The van der Waals surface area contributed by atoms with E-state index in [0.29, 0.717) is 22.1 Å². The fourth-order valence-electron chi connectivity index (χ4n) is 1.94. The fraction of sp³-hybridized carbons (Fsp3) is 0. The monoisotopic (exact) mass is 283 g/mol. The number of aromatic nitrogens is 3. The lowest BCUT2D eigenvalue weighted by molar-refractivity contribution is 0.112. The summed E-state index contributed by atoms with van der Waals surface area (Å²) in [4.78, 5) is 15.4. The molecule has 1 aromatic carbocycles. The third kappa shape index (κ3) is 2.33. The SMILES string of the molecule is O=Cc1cn(-c2ccccn2)nc1-c1cccc(Cl)c1. The number of aldehydes is 1. The van der Waals surface area contributed by atoms with E-state index in [9.17, 15) is 4.79 Å². The van der Waals surface area contributed by atoms with E-state index in [2.05, 4.69) is 10.1 Å². The number of halogens is 1. The third-order valence-corrected chi connectivity index (χ3v) is 3.09. The fourth-order valence-corrected chi connectivity index (χ4v) is 2.13. The van der Waals surface area contributed by atoms with Gasteiger partial charge in [-0.2, -0.15) is 5.10 Å². The lowest BCUT2D eigenvalue weighted by atomic mass is 10.1. The van der Waals surface area contributed by atoms with Crippen molar-refractivity contribution in [2.75, 3.05) is 0 Å². The molecule has 0 aliphatic carbocycles. The molecule has 0 saturated carbocycles. The zero-order valence-electron chi connectivity index (χ0n) is 10.4. The van der Waals surface area contributed by atoms with Crippen molar-refractivity contribution < 1.29 is 4.79 Å². The van der Waals surface area contributed by atoms with Crippen LogP contribution in [0.2, 0.25) is 5.02 Å². The molecule has 2 heterocycles. The van der Waals surface area contributed by atoms with E-state index >= 15 is 0 Å². The number of hydrogen-bond acceptors (Lipinski definition) is 3. The van der Waals surface area contributed by atoms with Crippen molar-refractivity contribution in [2.24, 2.45) is 0 Å². The normalized spacial score (nSPS) is 10.4. The number of carbonyl (C=O) groups excluding carboxylic acids is 1. The third-order valence-electron chi connectivity index (χ3n) is 2.85. The smallest absolute Gasteiger partial charge is 0.153 e. The summed E-state index contributed by atoms with van der Waals surface area (Å²) in [5, 5.41) is 5.03. The average Bonchev–Trinajstić information content (AvgIpc) is 2.92. The van der Waals surface area contributed by atoms with Crippen molar-refractivity contribution in [2.45, 2.75) is 0 Å². The Hall–Kier alpha value is -2.46. The maximum Gasteiger partial charge on any atom is 0.153 e. The molecule has 0 fully saturated rings. The molecular weight excluding hydrogens is 274 g/mol. The van der Waals surface area contributed by atoms with Gasteiger partial charge < -0.3 is 0 Å². The molecule has 5 heteroatoms. The van der Waals surface area contributed by atoms with Crippen LogP contribution in [0.5, 0.6) is 0 Å². The van der Waals surface area contributed by atoms with Gasteiger partial charge in [-0.3, -0.25) is 4.79 Å². The first-order valence-corrected chi connectivity index (χ1v) is 6.38. The van der Waals surface area contributed by atoms with Gasteiger partial charge in [0.05, 0.1) is 5.56 Å². The first kappa shape index (κ1) is 12.6. The average molecular weight is 284 g/mol. The highest BCUT2D eigenvalue weighted by Crippen LogP contribution is 2.24. The highest BCUT2D eigenvalue weighted by Gasteiger charge is 2.12. The van der Waals surface area contributed by atoms with Gasteiger partial charge in [0.2, 0.25) is 0 Å². The number of pyridine rings is 1. The summed E-state index contributed by atoms with van der Waals surface area (Å²) in [7, 11) is 0. The second-order valence-electron chi connectivity index (χ2n) is 4.19. The topological polar surface area (TPSA) is 47.8 Å². The minimum absolute atomic E-state index is 0.498. The van der Waals surface area contributed by atoms with Gasteiger partial charge in [0.1, 0.15) is 5.69 Å². The van der Waals surface area contributed by atoms with Crippen LogP contribution < -0.4 is 0 Å². The summed E-state index contributed by atoms with van der Waals surface area (Å²) < 4.78 is 1.58. The molecule has 20 heavy (non-hydrogen) atoms. The van der Waals surface area contributed by atoms with Crippen LogP contribution in [0.4, 0.5) is 0 Å². The van der Waals surface area contributed by atoms with Crippen molar-refractivity contribution in [3.05, 3.63) is 65.4 Å². The number of carbonyl (C=O) groups is 1. The van der Waals surface area contributed by atoms with E-state index in [-0.39, 0.29) is 0 Å². The Morgan fingerprint density at radius 3 is 2.75 bits per heavy atom. The van der Waals surface area contributed by atoms with E-state index < -0.39 is 0 Å². The molecule has 0 amide bonds. The Morgan fingerprint density at radius 1 is 1.15 bits per heavy atom. The standard InChI is InChI=1S/C15H10ClN3O/c16-13-5-3-4-11(8-13)15-12(10-20)9-19(18-15)14-6-1-2-7-17-14/h1-10H. The molecule has 2 aromatic heterocycles. The van der Waals surface area contributed by atoms with Crippen molar-refractivity contribution in [1.29, 1.82) is 0 Å². The summed E-state index contributed by atoms with van der Waals surface area (Å²) in [5.41, 5.74) is 1.89. The highest BCUT2D eigenvalue weighted by molar-refractivity contribution is 6.30. The van der Waals surface area contributed by atoms with Gasteiger partial charge in [-0.05, 0) is 24.3 Å². The zero-order chi connectivity index (χ0) is 13.9. The summed E-state index contributed by atoms with van der Waals surface area (Å²) in [5.74, 6) is 0.656. The molecule has 0 N–H and O–H groups in total. The lowest BCUT2D eigenvalue weighted by Gasteiger charge is -2.00. The first-order chi connectivity index (χ1) is 9.78. The predicted molar refractivity (Wildman–Crippen MR) is 77.2 cm³/mol. The van der Waals surface area contributed by atoms with Gasteiger partial charge in [0.15, 0.2) is 12.1 Å². The maximum atomic E-state index is 11.2. The molecule has 0 saturated heterocycles. The van der Waals surface area contributed by atoms with Crippen molar-refractivity contribution in [1.82, 2.24) is 14.8 Å². The first-order valence-electron chi connectivity index (χ1n) is 6.00. The predicted octanol–water partition coefficient (Wildman–Crippen LogP) is 3.40. The molecule has 0 radical (unpaired) electrons. The minimum Gasteiger partial charge on any atom is -0.298 e. The molecule has 3 rings (SSSR count). The van der Waals surface area contributed by atoms with Gasteiger partial charge in [-0.15, -0.1) is 0 Å². The number of hydrogen-bond donors (Lipinski definition) is 0. The van der Waals surface area contributed by atoms with Crippen LogP contribution in [-0.4, -0.2) is 21.1 Å². The summed E-state index contributed by atoms with van der Waals surface area (Å²) in [6.45, 7) is 0. The molecule has 4 nitrogen and oxygen atoms in total. The number of benzene rings is 1. The summed E-state index contributed by atoms with van der Waals surface area (Å²) in [6, 6.07) is 12.8.